The minimum absolute atomic E-state index is 0.243. The summed E-state index contributed by atoms with van der Waals surface area (Å²) in [6.45, 7) is 6.28. The van der Waals surface area contributed by atoms with E-state index in [0.717, 1.165) is 11.5 Å². The Morgan fingerprint density at radius 1 is 1.48 bits per heavy atom. The van der Waals surface area contributed by atoms with E-state index in [9.17, 15) is 8.78 Å². The molecular weight excluding hydrogens is 320 g/mol. The SMILES string of the molecule is CCn1nc(C(F)F)c(CSC2=NOC(C)(CC)C2)c1Cl. The molecule has 2 rings (SSSR count). The van der Waals surface area contributed by atoms with Crippen molar-refractivity contribution in [3.63, 3.8) is 0 Å². The Hall–Kier alpha value is -0.820. The molecule has 0 radical (unpaired) electrons. The van der Waals surface area contributed by atoms with Crippen LogP contribution in [0.3, 0.4) is 0 Å². The largest absolute Gasteiger partial charge is 0.388 e. The van der Waals surface area contributed by atoms with Crippen LogP contribution in [0.15, 0.2) is 5.16 Å². The number of aryl methyl sites for hydroxylation is 1. The third-order valence-corrected chi connectivity index (χ3v) is 4.95. The predicted octanol–water partition coefficient (Wildman–Crippen LogP) is 4.63. The molecule has 1 aromatic heterocycles. The molecular formula is C13H18ClF2N3OS. The van der Waals surface area contributed by atoms with Gasteiger partial charge in [-0.15, -0.1) is 11.8 Å². The molecule has 2 heterocycles. The van der Waals surface area contributed by atoms with Crippen molar-refractivity contribution in [3.05, 3.63) is 16.4 Å². The second-order valence-electron chi connectivity index (χ2n) is 5.12. The highest BCUT2D eigenvalue weighted by Gasteiger charge is 2.33. The van der Waals surface area contributed by atoms with Gasteiger partial charge in [0.1, 0.15) is 21.5 Å². The van der Waals surface area contributed by atoms with Crippen LogP contribution in [-0.2, 0) is 17.1 Å². The van der Waals surface area contributed by atoms with Gasteiger partial charge in [-0.3, -0.25) is 4.68 Å². The van der Waals surface area contributed by atoms with Gasteiger partial charge in [0, 0.05) is 24.3 Å². The summed E-state index contributed by atoms with van der Waals surface area (Å²) in [5.41, 5.74) is -0.149. The number of rotatable bonds is 5. The van der Waals surface area contributed by atoms with Gasteiger partial charge in [-0.1, -0.05) is 23.7 Å². The molecule has 0 spiro atoms. The second-order valence-corrected chi connectivity index (χ2v) is 6.52. The number of hydrogen-bond acceptors (Lipinski definition) is 4. The maximum atomic E-state index is 13.0. The van der Waals surface area contributed by atoms with Gasteiger partial charge in [0.15, 0.2) is 0 Å². The van der Waals surface area contributed by atoms with Gasteiger partial charge < -0.3 is 4.84 Å². The van der Waals surface area contributed by atoms with Gasteiger partial charge in [0.25, 0.3) is 6.43 Å². The molecule has 4 nitrogen and oxygen atoms in total. The first-order chi connectivity index (χ1) is 9.90. The zero-order valence-electron chi connectivity index (χ0n) is 12.2. The van der Waals surface area contributed by atoms with Crippen molar-refractivity contribution in [3.8, 4) is 0 Å². The fraction of sp³-hybridized carbons (Fsp3) is 0.692. The fourth-order valence-corrected chi connectivity index (χ4v) is 3.48. The van der Waals surface area contributed by atoms with Crippen LogP contribution in [0.4, 0.5) is 8.78 Å². The topological polar surface area (TPSA) is 39.4 Å². The van der Waals surface area contributed by atoms with E-state index < -0.39 is 6.43 Å². The summed E-state index contributed by atoms with van der Waals surface area (Å²) in [4.78, 5) is 5.39. The Labute approximate surface area is 131 Å². The lowest BCUT2D eigenvalue weighted by Gasteiger charge is -2.18. The molecule has 0 fully saturated rings. The van der Waals surface area contributed by atoms with Crippen molar-refractivity contribution >= 4 is 28.4 Å². The molecule has 1 aliphatic rings. The van der Waals surface area contributed by atoms with Gasteiger partial charge in [-0.2, -0.15) is 5.10 Å². The Morgan fingerprint density at radius 2 is 2.19 bits per heavy atom. The first-order valence-corrected chi connectivity index (χ1v) is 8.17. The molecule has 118 valence electrons. The summed E-state index contributed by atoms with van der Waals surface area (Å²) in [7, 11) is 0. The van der Waals surface area contributed by atoms with E-state index >= 15 is 0 Å². The molecule has 8 heteroatoms. The molecule has 0 amide bonds. The number of hydrogen-bond donors (Lipinski definition) is 0. The number of aromatic nitrogens is 2. The van der Waals surface area contributed by atoms with E-state index in [4.69, 9.17) is 16.4 Å². The summed E-state index contributed by atoms with van der Waals surface area (Å²) in [5.74, 6) is 0.320. The van der Waals surface area contributed by atoms with Crippen molar-refractivity contribution in [1.82, 2.24) is 9.78 Å². The summed E-state index contributed by atoms with van der Waals surface area (Å²) in [6, 6.07) is 0. The molecule has 0 saturated heterocycles. The highest BCUT2D eigenvalue weighted by molar-refractivity contribution is 8.13. The van der Waals surface area contributed by atoms with Crippen LogP contribution >= 0.6 is 23.4 Å². The quantitative estimate of drug-likeness (QED) is 0.786. The van der Waals surface area contributed by atoms with Crippen molar-refractivity contribution in [2.24, 2.45) is 5.16 Å². The Kier molecular flexibility index (Phi) is 5.14. The van der Waals surface area contributed by atoms with Crippen LogP contribution in [-0.4, -0.2) is 20.4 Å². The van der Waals surface area contributed by atoms with E-state index in [0.29, 0.717) is 24.3 Å². The van der Waals surface area contributed by atoms with E-state index in [-0.39, 0.29) is 16.4 Å². The molecule has 1 aromatic rings. The van der Waals surface area contributed by atoms with Gasteiger partial charge in [-0.05, 0) is 20.3 Å². The zero-order valence-corrected chi connectivity index (χ0v) is 13.8. The van der Waals surface area contributed by atoms with Crippen LogP contribution < -0.4 is 0 Å². The van der Waals surface area contributed by atoms with Crippen LogP contribution in [0.25, 0.3) is 0 Å². The predicted molar refractivity (Wildman–Crippen MR) is 81.0 cm³/mol. The van der Waals surface area contributed by atoms with Crippen LogP contribution in [0, 0.1) is 0 Å². The molecule has 0 aromatic carbocycles. The highest BCUT2D eigenvalue weighted by atomic mass is 35.5. The van der Waals surface area contributed by atoms with Crippen molar-refractivity contribution < 1.29 is 13.6 Å². The molecule has 1 aliphatic heterocycles. The summed E-state index contributed by atoms with van der Waals surface area (Å²) in [6.07, 6.45) is -1.09. The summed E-state index contributed by atoms with van der Waals surface area (Å²) >= 11 is 7.50. The van der Waals surface area contributed by atoms with E-state index in [2.05, 4.69) is 10.3 Å². The van der Waals surface area contributed by atoms with E-state index in [1.54, 1.807) is 0 Å². The Balaban J connectivity index is 2.09. The summed E-state index contributed by atoms with van der Waals surface area (Å²) < 4.78 is 27.5. The number of oxime groups is 1. The number of alkyl halides is 2. The van der Waals surface area contributed by atoms with E-state index in [1.807, 2.05) is 20.8 Å². The maximum Gasteiger partial charge on any atom is 0.282 e. The van der Waals surface area contributed by atoms with Crippen molar-refractivity contribution in [1.29, 1.82) is 0 Å². The molecule has 0 N–H and O–H groups in total. The van der Waals surface area contributed by atoms with Gasteiger partial charge in [0.05, 0.1) is 0 Å². The average Bonchev–Trinajstić information content (AvgIpc) is 2.98. The monoisotopic (exact) mass is 337 g/mol. The van der Waals surface area contributed by atoms with Gasteiger partial charge in [0.2, 0.25) is 0 Å². The van der Waals surface area contributed by atoms with Crippen LogP contribution in [0.1, 0.15) is 51.3 Å². The van der Waals surface area contributed by atoms with Crippen molar-refractivity contribution in [2.45, 2.75) is 57.9 Å². The normalized spacial score (nSPS) is 21.8. The fourth-order valence-electron chi connectivity index (χ4n) is 1.98. The third kappa shape index (κ3) is 3.51. The molecule has 0 bridgehead atoms. The standard InChI is InChI=1S/C13H18ClF2N3OS/c1-4-13(3)6-9(18-20-13)21-7-8-10(12(15)16)17-19(5-2)11(8)14/h12H,4-7H2,1-3H3. The highest BCUT2D eigenvalue weighted by Crippen LogP contribution is 2.35. The Morgan fingerprint density at radius 3 is 2.71 bits per heavy atom. The van der Waals surface area contributed by atoms with Crippen LogP contribution in [0.2, 0.25) is 5.15 Å². The molecule has 0 aliphatic carbocycles. The molecule has 1 unspecified atom stereocenters. The molecule has 21 heavy (non-hydrogen) atoms. The second kappa shape index (κ2) is 6.52. The maximum absolute atomic E-state index is 13.0. The molecule has 1 atom stereocenters. The van der Waals surface area contributed by atoms with Gasteiger partial charge >= 0.3 is 0 Å². The first kappa shape index (κ1) is 16.5. The first-order valence-electron chi connectivity index (χ1n) is 6.81. The Bertz CT molecular complexity index is 550. The third-order valence-electron chi connectivity index (χ3n) is 3.54. The van der Waals surface area contributed by atoms with Crippen molar-refractivity contribution in [2.75, 3.05) is 0 Å². The minimum Gasteiger partial charge on any atom is -0.388 e. The van der Waals surface area contributed by atoms with E-state index in [1.165, 1.54) is 16.4 Å². The molecule has 0 saturated carbocycles. The average molecular weight is 338 g/mol. The number of nitrogens with zero attached hydrogens (tertiary/aromatic N) is 3. The lowest BCUT2D eigenvalue weighted by molar-refractivity contribution is -0.00604. The number of halogens is 3. The smallest absolute Gasteiger partial charge is 0.282 e. The lowest BCUT2D eigenvalue weighted by Crippen LogP contribution is -2.22. The lowest BCUT2D eigenvalue weighted by atomic mass is 10.0. The minimum atomic E-state index is -2.63. The summed E-state index contributed by atoms with van der Waals surface area (Å²) in [5, 5.41) is 8.98. The van der Waals surface area contributed by atoms with Gasteiger partial charge in [-0.25, -0.2) is 8.78 Å². The zero-order chi connectivity index (χ0) is 15.6. The number of thioether (sulfide) groups is 1. The van der Waals surface area contributed by atoms with Crippen LogP contribution in [0.5, 0.6) is 0 Å².